The minimum absolute atomic E-state index is 0.407. The predicted octanol–water partition coefficient (Wildman–Crippen LogP) is 13.4. The smallest absolute Gasteiger partial charge is 0.238 e. The maximum atomic E-state index is 8.29. The highest BCUT2D eigenvalue weighted by Crippen LogP contribution is 2.44. The van der Waals surface area contributed by atoms with Gasteiger partial charge in [-0.05, 0) is 59.7 Å². The van der Waals surface area contributed by atoms with E-state index in [1.165, 1.54) is 30.9 Å². The molecule has 6 heteroatoms. The Balaban J connectivity index is 1.15. The van der Waals surface area contributed by atoms with Crippen LogP contribution in [0.1, 0.15) is 0 Å². The van der Waals surface area contributed by atoms with Crippen LogP contribution in [0.3, 0.4) is 0 Å². The van der Waals surface area contributed by atoms with Crippen LogP contribution in [0, 0.1) is 6.57 Å². The molecule has 7 aromatic carbocycles. The van der Waals surface area contributed by atoms with Crippen LogP contribution in [0.5, 0.6) is 0 Å². The van der Waals surface area contributed by atoms with Gasteiger partial charge < -0.3 is 8.98 Å². The maximum absolute atomic E-state index is 8.29. The van der Waals surface area contributed by atoms with Crippen LogP contribution in [-0.2, 0) is 0 Å². The van der Waals surface area contributed by atoms with Crippen molar-refractivity contribution in [3.05, 3.63) is 169 Å². The zero-order chi connectivity index (χ0) is 35.0. The zero-order valence-electron chi connectivity index (χ0n) is 28.1. The highest BCUT2D eigenvalue weighted by atomic mass is 32.1. The van der Waals surface area contributed by atoms with Gasteiger partial charge >= 0.3 is 0 Å². The molecule has 0 saturated carbocycles. The number of para-hydroxylation sites is 1. The minimum Gasteiger partial charge on any atom is -0.456 e. The molecule has 0 saturated heterocycles. The lowest BCUT2D eigenvalue weighted by Gasteiger charge is -2.12. The van der Waals surface area contributed by atoms with Gasteiger partial charge in [-0.15, -0.1) is 11.3 Å². The molecular weight excluding hydrogens is 669 g/mol. The fourth-order valence-electron chi connectivity index (χ4n) is 7.86. The average Bonchev–Trinajstić information content (AvgIpc) is 3.89. The predicted molar refractivity (Wildman–Crippen MR) is 219 cm³/mol. The van der Waals surface area contributed by atoms with Gasteiger partial charge in [0.15, 0.2) is 5.82 Å². The molecule has 0 radical (unpaired) electrons. The molecular formula is C47H26N4OS. The summed E-state index contributed by atoms with van der Waals surface area (Å²) >= 11 is 1.84. The second-order valence-corrected chi connectivity index (χ2v) is 14.3. The Bertz CT molecular complexity index is 3300. The first-order valence-electron chi connectivity index (χ1n) is 17.4. The lowest BCUT2D eigenvalue weighted by Crippen LogP contribution is -1.97. The van der Waals surface area contributed by atoms with E-state index in [4.69, 9.17) is 21.0 Å². The summed E-state index contributed by atoms with van der Waals surface area (Å²) in [4.78, 5) is 14.0. The Morgan fingerprint density at radius 3 is 2.04 bits per heavy atom. The van der Waals surface area contributed by atoms with Crippen molar-refractivity contribution < 1.29 is 4.42 Å². The van der Waals surface area contributed by atoms with Crippen LogP contribution >= 0.6 is 11.3 Å². The van der Waals surface area contributed by atoms with E-state index in [1.807, 2.05) is 84.1 Å². The number of aromatic nitrogens is 3. The van der Waals surface area contributed by atoms with Crippen LogP contribution in [-0.4, -0.2) is 14.5 Å². The molecule has 11 aromatic rings. The van der Waals surface area contributed by atoms with Gasteiger partial charge in [0.25, 0.3) is 0 Å². The van der Waals surface area contributed by atoms with Crippen molar-refractivity contribution in [1.29, 1.82) is 0 Å². The number of furan rings is 1. The molecule has 246 valence electrons. The highest BCUT2D eigenvalue weighted by Gasteiger charge is 2.22. The molecule has 0 amide bonds. The quantitative estimate of drug-likeness (QED) is 0.172. The Labute approximate surface area is 307 Å². The van der Waals surface area contributed by atoms with Gasteiger partial charge in [-0.2, -0.15) is 0 Å². The van der Waals surface area contributed by atoms with E-state index in [2.05, 4.69) is 94.3 Å². The van der Waals surface area contributed by atoms with Gasteiger partial charge in [-0.3, -0.25) is 0 Å². The number of fused-ring (bicyclic) bond motifs is 9. The number of hydrogen-bond donors (Lipinski definition) is 0. The molecule has 0 fully saturated rings. The first kappa shape index (κ1) is 29.6. The van der Waals surface area contributed by atoms with Gasteiger partial charge in [0, 0.05) is 41.9 Å². The lowest BCUT2D eigenvalue weighted by atomic mass is 10.0. The van der Waals surface area contributed by atoms with E-state index >= 15 is 0 Å². The van der Waals surface area contributed by atoms with Crippen molar-refractivity contribution in [2.45, 2.75) is 0 Å². The summed E-state index contributed by atoms with van der Waals surface area (Å²) in [5, 5.41) is 7.05. The SMILES string of the molecule is [C-]#[N+]c1c(-c2ccccc2)nc(-c2ccccc2)nc1-c1ccc2c(c1)oc1cccc(-n3c4ccccc4c4cc5c(cc43)sc3ccccc35)c12. The van der Waals surface area contributed by atoms with Gasteiger partial charge in [0.1, 0.15) is 11.2 Å². The fraction of sp³-hybridized carbons (Fsp3) is 0. The van der Waals surface area contributed by atoms with Gasteiger partial charge in [0.05, 0.1) is 40.1 Å². The summed E-state index contributed by atoms with van der Waals surface area (Å²) < 4.78 is 11.6. The Morgan fingerprint density at radius 2 is 1.23 bits per heavy atom. The third-order valence-corrected chi connectivity index (χ3v) is 11.4. The molecule has 4 aromatic heterocycles. The number of nitrogens with zero attached hydrogens (tertiary/aromatic N) is 4. The molecule has 0 aliphatic rings. The van der Waals surface area contributed by atoms with Crippen molar-refractivity contribution in [2.75, 3.05) is 0 Å². The molecule has 0 N–H and O–H groups in total. The van der Waals surface area contributed by atoms with Crippen molar-refractivity contribution in [3.63, 3.8) is 0 Å². The summed E-state index contributed by atoms with van der Waals surface area (Å²) in [5.41, 5.74) is 9.03. The van der Waals surface area contributed by atoms with E-state index in [0.717, 1.165) is 55.3 Å². The topological polar surface area (TPSA) is 48.2 Å². The van der Waals surface area contributed by atoms with E-state index < -0.39 is 0 Å². The van der Waals surface area contributed by atoms with Crippen LogP contribution in [0.25, 0.3) is 108 Å². The third kappa shape index (κ3) is 4.48. The van der Waals surface area contributed by atoms with E-state index in [1.54, 1.807) is 0 Å². The molecule has 53 heavy (non-hydrogen) atoms. The fourth-order valence-corrected chi connectivity index (χ4v) is 8.98. The minimum atomic E-state index is 0.407. The van der Waals surface area contributed by atoms with Gasteiger partial charge in [-0.1, -0.05) is 109 Å². The molecule has 0 aliphatic carbocycles. The Kier molecular flexibility index (Phi) is 6.42. The molecule has 0 aliphatic heterocycles. The number of thiophene rings is 1. The van der Waals surface area contributed by atoms with Crippen LogP contribution in [0.4, 0.5) is 5.69 Å². The molecule has 0 bridgehead atoms. The lowest BCUT2D eigenvalue weighted by molar-refractivity contribution is 0.669. The second kappa shape index (κ2) is 11.5. The van der Waals surface area contributed by atoms with Crippen molar-refractivity contribution in [2.24, 2.45) is 0 Å². The van der Waals surface area contributed by atoms with Crippen molar-refractivity contribution in [3.8, 4) is 39.6 Å². The summed E-state index contributed by atoms with van der Waals surface area (Å²) in [6.45, 7) is 8.29. The largest absolute Gasteiger partial charge is 0.456 e. The summed E-state index contributed by atoms with van der Waals surface area (Å²) in [7, 11) is 0. The van der Waals surface area contributed by atoms with Crippen molar-refractivity contribution >= 4 is 80.9 Å². The normalized spacial score (nSPS) is 11.8. The van der Waals surface area contributed by atoms with E-state index in [-0.39, 0.29) is 0 Å². The molecule has 0 unspecified atom stereocenters. The molecule has 4 heterocycles. The van der Waals surface area contributed by atoms with Crippen LogP contribution < -0.4 is 0 Å². The first-order valence-corrected chi connectivity index (χ1v) is 18.3. The van der Waals surface area contributed by atoms with Crippen molar-refractivity contribution in [1.82, 2.24) is 14.5 Å². The number of hydrogen-bond acceptors (Lipinski definition) is 4. The molecule has 11 rings (SSSR count). The first-order chi connectivity index (χ1) is 26.2. The Morgan fingerprint density at radius 1 is 0.509 bits per heavy atom. The number of benzene rings is 7. The van der Waals surface area contributed by atoms with E-state index in [0.29, 0.717) is 22.9 Å². The standard InChI is InChI=1S/C47H26N4OS/c1-48-46-44(28-13-4-2-5-14-28)49-47(29-15-6-3-7-16-29)50-45(46)30-23-24-33-40(25-30)52-39-21-12-20-37(43(33)39)51-36-19-10-8-17-31(36)34-26-35-32-18-9-11-22-41(32)53-42(35)27-38(34)51/h2-27H. The van der Waals surface area contributed by atoms with Gasteiger partial charge in [-0.25, -0.2) is 14.8 Å². The maximum Gasteiger partial charge on any atom is 0.238 e. The summed E-state index contributed by atoms with van der Waals surface area (Å²) in [5.74, 6) is 0.568. The Hall–Kier alpha value is -7.07. The monoisotopic (exact) mass is 694 g/mol. The van der Waals surface area contributed by atoms with Crippen LogP contribution in [0.2, 0.25) is 0 Å². The van der Waals surface area contributed by atoms with E-state index in [9.17, 15) is 0 Å². The second-order valence-electron chi connectivity index (χ2n) is 13.2. The molecule has 5 nitrogen and oxygen atoms in total. The van der Waals surface area contributed by atoms with Gasteiger partial charge in [0.2, 0.25) is 5.69 Å². The molecule has 0 atom stereocenters. The summed E-state index contributed by atoms with van der Waals surface area (Å²) in [6, 6.07) is 54.3. The summed E-state index contributed by atoms with van der Waals surface area (Å²) in [6.07, 6.45) is 0. The number of rotatable bonds is 4. The highest BCUT2D eigenvalue weighted by molar-refractivity contribution is 7.25. The average molecular weight is 695 g/mol. The zero-order valence-corrected chi connectivity index (χ0v) is 28.9. The molecule has 0 spiro atoms. The van der Waals surface area contributed by atoms with Crippen LogP contribution in [0.15, 0.2) is 162 Å². The third-order valence-electron chi connectivity index (χ3n) is 10.2.